The molecule has 0 aliphatic carbocycles. The summed E-state index contributed by atoms with van der Waals surface area (Å²) in [5.74, 6) is -0.420. The van der Waals surface area contributed by atoms with Gasteiger partial charge < -0.3 is 11.1 Å². The summed E-state index contributed by atoms with van der Waals surface area (Å²) in [4.78, 5) is 23.9. The standard InChI is InChI=1S/C13H15N5O2S2/c1-2-15-12(20)16-10(19)9(8-6-4-3-5-7-8)21-13-18-17-11(14)22-13/h3-7,9H,2H2,1H3,(H2,14,17)(H2,15,16,19,20). The van der Waals surface area contributed by atoms with E-state index in [1.807, 2.05) is 30.3 Å². The highest BCUT2D eigenvalue weighted by Crippen LogP contribution is 2.37. The van der Waals surface area contributed by atoms with Crippen molar-refractivity contribution in [2.75, 3.05) is 12.3 Å². The van der Waals surface area contributed by atoms with Crippen molar-refractivity contribution in [2.45, 2.75) is 16.5 Å². The van der Waals surface area contributed by atoms with E-state index in [4.69, 9.17) is 5.73 Å². The summed E-state index contributed by atoms with van der Waals surface area (Å²) in [5, 5.41) is 12.2. The molecule has 0 bridgehead atoms. The number of aromatic nitrogens is 2. The van der Waals surface area contributed by atoms with E-state index in [9.17, 15) is 9.59 Å². The molecule has 0 saturated heterocycles. The van der Waals surface area contributed by atoms with E-state index in [-0.39, 0.29) is 0 Å². The predicted octanol–water partition coefficient (Wildman–Crippen LogP) is 1.80. The van der Waals surface area contributed by atoms with E-state index < -0.39 is 17.2 Å². The molecule has 0 spiro atoms. The number of benzene rings is 1. The number of amides is 3. The summed E-state index contributed by atoms with van der Waals surface area (Å²) >= 11 is 2.40. The number of nitrogens with two attached hydrogens (primary N) is 1. The van der Waals surface area contributed by atoms with Crippen LogP contribution in [0.3, 0.4) is 0 Å². The lowest BCUT2D eigenvalue weighted by Crippen LogP contribution is -2.41. The molecule has 0 saturated carbocycles. The first kappa shape index (κ1) is 16.2. The Balaban J connectivity index is 2.18. The zero-order chi connectivity index (χ0) is 15.9. The predicted molar refractivity (Wildman–Crippen MR) is 86.6 cm³/mol. The van der Waals surface area contributed by atoms with Crippen LogP contribution in [0.2, 0.25) is 0 Å². The topological polar surface area (TPSA) is 110 Å². The molecule has 4 N–H and O–H groups in total. The largest absolute Gasteiger partial charge is 0.374 e. The van der Waals surface area contributed by atoms with E-state index in [0.29, 0.717) is 16.0 Å². The first-order valence-electron chi connectivity index (χ1n) is 6.49. The molecular formula is C13H15N5O2S2. The maximum atomic E-state index is 12.4. The monoisotopic (exact) mass is 337 g/mol. The molecule has 1 aromatic carbocycles. The number of thioether (sulfide) groups is 1. The summed E-state index contributed by atoms with van der Waals surface area (Å²) < 4.78 is 0.567. The molecule has 1 unspecified atom stereocenters. The van der Waals surface area contributed by atoms with Crippen molar-refractivity contribution in [3.8, 4) is 0 Å². The number of imide groups is 1. The normalized spacial score (nSPS) is 11.7. The van der Waals surface area contributed by atoms with Crippen LogP contribution in [0.4, 0.5) is 9.93 Å². The van der Waals surface area contributed by atoms with Gasteiger partial charge in [-0.25, -0.2) is 4.79 Å². The summed E-state index contributed by atoms with van der Waals surface area (Å²) in [6.45, 7) is 2.21. The second-order valence-corrected chi connectivity index (χ2v) is 6.52. The van der Waals surface area contributed by atoms with Gasteiger partial charge in [0, 0.05) is 6.54 Å². The van der Waals surface area contributed by atoms with Crippen molar-refractivity contribution in [3.63, 3.8) is 0 Å². The van der Waals surface area contributed by atoms with Gasteiger partial charge in [-0.3, -0.25) is 10.1 Å². The number of hydrogen-bond acceptors (Lipinski definition) is 7. The van der Waals surface area contributed by atoms with E-state index in [0.717, 1.165) is 5.56 Å². The first-order valence-corrected chi connectivity index (χ1v) is 8.19. The molecule has 9 heteroatoms. The number of carbonyl (C=O) groups is 2. The third-order valence-corrected chi connectivity index (χ3v) is 4.65. The maximum Gasteiger partial charge on any atom is 0.321 e. The molecule has 22 heavy (non-hydrogen) atoms. The number of nitrogens with zero attached hydrogens (tertiary/aromatic N) is 2. The van der Waals surface area contributed by atoms with Crippen LogP contribution < -0.4 is 16.4 Å². The average Bonchev–Trinajstić information content (AvgIpc) is 2.91. The molecule has 1 aromatic heterocycles. The number of carbonyl (C=O) groups excluding carboxylic acids is 2. The van der Waals surface area contributed by atoms with Gasteiger partial charge in [-0.05, 0) is 12.5 Å². The van der Waals surface area contributed by atoms with Gasteiger partial charge in [0.2, 0.25) is 11.0 Å². The van der Waals surface area contributed by atoms with Gasteiger partial charge in [-0.15, -0.1) is 10.2 Å². The van der Waals surface area contributed by atoms with Crippen molar-refractivity contribution in [3.05, 3.63) is 35.9 Å². The highest BCUT2D eigenvalue weighted by atomic mass is 32.2. The molecule has 2 aromatic rings. The Hall–Kier alpha value is -2.13. The maximum absolute atomic E-state index is 12.4. The zero-order valence-corrected chi connectivity index (χ0v) is 13.4. The van der Waals surface area contributed by atoms with Gasteiger partial charge in [0.15, 0.2) is 4.34 Å². The fraction of sp³-hybridized carbons (Fsp3) is 0.231. The minimum atomic E-state index is -0.615. The Morgan fingerprint density at radius 1 is 1.32 bits per heavy atom. The van der Waals surface area contributed by atoms with Crippen molar-refractivity contribution < 1.29 is 9.59 Å². The number of nitrogen functional groups attached to an aromatic ring is 1. The number of anilines is 1. The second-order valence-electron chi connectivity index (χ2n) is 4.16. The van der Waals surface area contributed by atoms with Crippen LogP contribution in [0.15, 0.2) is 34.7 Å². The van der Waals surface area contributed by atoms with Crippen LogP contribution in [-0.2, 0) is 4.79 Å². The molecule has 1 heterocycles. The number of urea groups is 1. The summed E-state index contributed by atoms with van der Waals surface area (Å²) in [5.41, 5.74) is 6.32. The molecule has 0 aliphatic heterocycles. The molecule has 0 aliphatic rings. The summed E-state index contributed by atoms with van der Waals surface area (Å²) in [7, 11) is 0. The van der Waals surface area contributed by atoms with Crippen molar-refractivity contribution in [2.24, 2.45) is 0 Å². The number of nitrogens with one attached hydrogen (secondary N) is 2. The SMILES string of the molecule is CCNC(=O)NC(=O)C(Sc1nnc(N)s1)c1ccccc1. The van der Waals surface area contributed by atoms with Gasteiger partial charge in [0.1, 0.15) is 5.25 Å². The van der Waals surface area contributed by atoms with Gasteiger partial charge in [0.25, 0.3) is 0 Å². The van der Waals surface area contributed by atoms with Gasteiger partial charge in [-0.2, -0.15) is 0 Å². The Bertz CT molecular complexity index is 647. The Morgan fingerprint density at radius 3 is 2.64 bits per heavy atom. The van der Waals surface area contributed by atoms with E-state index >= 15 is 0 Å². The van der Waals surface area contributed by atoms with Gasteiger partial charge in [0.05, 0.1) is 0 Å². The highest BCUT2D eigenvalue weighted by molar-refractivity contribution is 8.01. The van der Waals surface area contributed by atoms with Crippen LogP contribution in [0.25, 0.3) is 0 Å². The van der Waals surface area contributed by atoms with E-state index in [1.54, 1.807) is 6.92 Å². The Kier molecular flexibility index (Phi) is 5.73. The molecule has 0 fully saturated rings. The van der Waals surface area contributed by atoms with Crippen LogP contribution >= 0.6 is 23.1 Å². The van der Waals surface area contributed by atoms with Crippen molar-refractivity contribution in [1.82, 2.24) is 20.8 Å². The number of hydrogen-bond donors (Lipinski definition) is 3. The fourth-order valence-corrected chi connectivity index (χ4v) is 3.48. The third kappa shape index (κ3) is 4.43. The Labute approximate surface area is 135 Å². The average molecular weight is 337 g/mol. The summed E-state index contributed by atoms with van der Waals surface area (Å²) in [6, 6.07) is 8.63. The van der Waals surface area contributed by atoms with E-state index in [1.165, 1.54) is 23.1 Å². The lowest BCUT2D eigenvalue weighted by molar-refractivity contribution is -0.119. The lowest BCUT2D eigenvalue weighted by atomic mass is 10.1. The quantitative estimate of drug-likeness (QED) is 0.718. The first-order chi connectivity index (χ1) is 10.6. The van der Waals surface area contributed by atoms with Crippen molar-refractivity contribution in [1.29, 1.82) is 0 Å². The molecule has 116 valence electrons. The highest BCUT2D eigenvalue weighted by Gasteiger charge is 2.25. The zero-order valence-electron chi connectivity index (χ0n) is 11.8. The number of rotatable bonds is 5. The lowest BCUT2D eigenvalue weighted by Gasteiger charge is -2.14. The van der Waals surface area contributed by atoms with Crippen LogP contribution in [-0.4, -0.2) is 28.7 Å². The Morgan fingerprint density at radius 2 is 2.05 bits per heavy atom. The second kappa shape index (κ2) is 7.76. The molecule has 0 radical (unpaired) electrons. The molecule has 3 amide bonds. The minimum absolute atomic E-state index is 0.332. The molecule has 1 atom stereocenters. The van der Waals surface area contributed by atoms with E-state index in [2.05, 4.69) is 20.8 Å². The molecule has 2 rings (SSSR count). The van der Waals surface area contributed by atoms with Crippen LogP contribution in [0, 0.1) is 0 Å². The van der Waals surface area contributed by atoms with Gasteiger partial charge >= 0.3 is 6.03 Å². The third-order valence-electron chi connectivity index (χ3n) is 2.56. The van der Waals surface area contributed by atoms with Crippen LogP contribution in [0.5, 0.6) is 0 Å². The van der Waals surface area contributed by atoms with Crippen molar-refractivity contribution >= 4 is 40.2 Å². The van der Waals surface area contributed by atoms with Gasteiger partial charge in [-0.1, -0.05) is 53.4 Å². The summed E-state index contributed by atoms with van der Waals surface area (Å²) in [6.07, 6.45) is 0. The molecular weight excluding hydrogens is 322 g/mol. The fourth-order valence-electron chi connectivity index (χ4n) is 1.65. The van der Waals surface area contributed by atoms with Crippen LogP contribution in [0.1, 0.15) is 17.7 Å². The minimum Gasteiger partial charge on any atom is -0.374 e. The molecule has 7 nitrogen and oxygen atoms in total. The smallest absolute Gasteiger partial charge is 0.321 e.